The molecule has 0 aromatic carbocycles. The first kappa shape index (κ1) is 21.6. The highest BCUT2D eigenvalue weighted by Crippen LogP contribution is 2.42. The molecule has 1 aliphatic rings. The zero-order valence-corrected chi connectivity index (χ0v) is 19.7. The van der Waals surface area contributed by atoms with Gasteiger partial charge in [0.25, 0.3) is 11.9 Å². The van der Waals surface area contributed by atoms with Crippen LogP contribution in [-0.4, -0.2) is 57.7 Å². The molecule has 0 radical (unpaired) electrons. The molecule has 0 aliphatic heterocycles. The second kappa shape index (κ2) is 8.51. The Bertz CT molecular complexity index is 1070. The Labute approximate surface area is 187 Å². The number of carbonyl (C=O) groups is 1. The van der Waals surface area contributed by atoms with Gasteiger partial charge in [0.05, 0.1) is 28.0 Å². The molecule has 1 amide bonds. The molecule has 7 nitrogen and oxygen atoms in total. The van der Waals surface area contributed by atoms with Crippen molar-refractivity contribution in [3.05, 3.63) is 46.7 Å². The van der Waals surface area contributed by atoms with Crippen LogP contribution in [0.3, 0.4) is 0 Å². The smallest absolute Gasteiger partial charge is 0.254 e. The van der Waals surface area contributed by atoms with Crippen molar-refractivity contribution in [1.29, 1.82) is 0 Å². The third-order valence-corrected chi connectivity index (χ3v) is 6.27. The van der Waals surface area contributed by atoms with Gasteiger partial charge in [-0.05, 0) is 56.3 Å². The average Bonchev–Trinajstić information content (AvgIpc) is 3.22. The molecule has 31 heavy (non-hydrogen) atoms. The molecular weight excluding hydrogens is 408 g/mol. The topological polar surface area (TPSA) is 75.9 Å². The number of amides is 1. The maximum absolute atomic E-state index is 13.1. The maximum atomic E-state index is 13.1. The Morgan fingerprint density at radius 3 is 2.74 bits per heavy atom. The van der Waals surface area contributed by atoms with Gasteiger partial charge in [-0.1, -0.05) is 19.9 Å². The third-order valence-electron chi connectivity index (χ3n) is 5.39. The second-order valence-electron chi connectivity index (χ2n) is 9.39. The molecule has 1 aliphatic carbocycles. The van der Waals surface area contributed by atoms with Crippen molar-refractivity contribution >= 4 is 17.2 Å². The van der Waals surface area contributed by atoms with Gasteiger partial charge in [-0.25, -0.2) is 14.6 Å². The number of thiophene rings is 1. The zero-order chi connectivity index (χ0) is 22.2. The molecule has 164 valence electrons. The van der Waals surface area contributed by atoms with Gasteiger partial charge in [0.1, 0.15) is 0 Å². The van der Waals surface area contributed by atoms with E-state index in [4.69, 9.17) is 4.98 Å². The van der Waals surface area contributed by atoms with Crippen LogP contribution < -0.4 is 5.32 Å². The van der Waals surface area contributed by atoms with Crippen molar-refractivity contribution in [3.8, 4) is 16.5 Å². The highest BCUT2D eigenvalue weighted by Gasteiger charge is 2.34. The average molecular weight is 439 g/mol. The van der Waals surface area contributed by atoms with Crippen LogP contribution in [0, 0.1) is 12.3 Å². The van der Waals surface area contributed by atoms with Crippen molar-refractivity contribution in [1.82, 2.24) is 30.0 Å². The Hall–Kier alpha value is -2.58. The van der Waals surface area contributed by atoms with Gasteiger partial charge in [-0.3, -0.25) is 4.79 Å². The van der Waals surface area contributed by atoms with E-state index >= 15 is 0 Å². The molecule has 0 unspecified atom stereocenters. The molecular formula is C23H30N6OS. The number of rotatable bonds is 8. The molecule has 4 rings (SSSR count). The van der Waals surface area contributed by atoms with E-state index in [1.165, 1.54) is 0 Å². The summed E-state index contributed by atoms with van der Waals surface area (Å²) in [6.45, 7) is 7.82. The fourth-order valence-electron chi connectivity index (χ4n) is 3.97. The van der Waals surface area contributed by atoms with Gasteiger partial charge in [-0.15, -0.1) is 11.3 Å². The van der Waals surface area contributed by atoms with Crippen molar-refractivity contribution in [3.63, 3.8) is 0 Å². The van der Waals surface area contributed by atoms with E-state index in [9.17, 15) is 4.79 Å². The largest absolute Gasteiger partial charge is 0.351 e. The normalized spacial score (nSPS) is 14.3. The number of carbonyl (C=O) groups excluding carboxylic acids is 1. The molecule has 0 spiro atoms. The molecule has 3 heterocycles. The maximum Gasteiger partial charge on any atom is 0.254 e. The monoisotopic (exact) mass is 438 g/mol. The number of nitrogens with zero attached hydrogens (tertiary/aromatic N) is 5. The van der Waals surface area contributed by atoms with Crippen molar-refractivity contribution in [2.75, 3.05) is 27.2 Å². The van der Waals surface area contributed by atoms with E-state index in [0.717, 1.165) is 41.2 Å². The van der Waals surface area contributed by atoms with Crippen LogP contribution in [0.4, 0.5) is 0 Å². The Morgan fingerprint density at radius 1 is 1.32 bits per heavy atom. The molecule has 0 atom stereocenters. The predicted molar refractivity (Wildman–Crippen MR) is 124 cm³/mol. The van der Waals surface area contributed by atoms with E-state index in [2.05, 4.69) is 40.2 Å². The third kappa shape index (κ3) is 4.85. The van der Waals surface area contributed by atoms with Crippen LogP contribution in [0.5, 0.6) is 0 Å². The molecule has 1 saturated carbocycles. The van der Waals surface area contributed by atoms with Crippen LogP contribution in [-0.2, 0) is 0 Å². The first-order valence-electron chi connectivity index (χ1n) is 10.6. The SMILES string of the molecule is Cc1cnc(-n2ncc(C(=O)NCC(C)(C)CN(C)C)c2C2CC2)nc1-c1cccs1. The lowest BCUT2D eigenvalue weighted by Gasteiger charge is -2.28. The van der Waals surface area contributed by atoms with Crippen LogP contribution in [0.15, 0.2) is 29.9 Å². The predicted octanol–water partition coefficient (Wildman–Crippen LogP) is 3.89. The van der Waals surface area contributed by atoms with Gasteiger partial charge in [0.2, 0.25) is 0 Å². The summed E-state index contributed by atoms with van der Waals surface area (Å²) in [5.41, 5.74) is 3.46. The minimum atomic E-state index is -0.0782. The molecule has 1 fully saturated rings. The standard InChI is InChI=1S/C23H30N6OS/c1-15-11-24-22(27-19(15)18-7-6-10-31-18)29-20(16-8-9-16)17(12-26-29)21(30)25-13-23(2,3)14-28(4)5/h6-7,10-12,16H,8-9,13-14H2,1-5H3,(H,25,30). The number of hydrogen-bond acceptors (Lipinski definition) is 6. The molecule has 8 heteroatoms. The lowest BCUT2D eigenvalue weighted by atomic mass is 9.93. The van der Waals surface area contributed by atoms with E-state index in [1.807, 2.05) is 38.7 Å². The Balaban J connectivity index is 1.62. The fraction of sp³-hybridized carbons (Fsp3) is 0.478. The van der Waals surface area contributed by atoms with Crippen LogP contribution >= 0.6 is 11.3 Å². The van der Waals surface area contributed by atoms with Crippen LogP contribution in [0.1, 0.15) is 54.2 Å². The fourth-order valence-corrected chi connectivity index (χ4v) is 4.75. The van der Waals surface area contributed by atoms with Gasteiger partial charge < -0.3 is 10.2 Å². The quantitative estimate of drug-likeness (QED) is 0.577. The van der Waals surface area contributed by atoms with Crippen molar-refractivity contribution in [2.45, 2.75) is 39.5 Å². The van der Waals surface area contributed by atoms with E-state index in [1.54, 1.807) is 22.2 Å². The molecule has 1 N–H and O–H groups in total. The molecule has 0 bridgehead atoms. The van der Waals surface area contributed by atoms with Crippen molar-refractivity contribution in [2.24, 2.45) is 5.41 Å². The highest BCUT2D eigenvalue weighted by atomic mass is 32.1. The van der Waals surface area contributed by atoms with Gasteiger partial charge in [-0.2, -0.15) is 5.10 Å². The van der Waals surface area contributed by atoms with Gasteiger partial charge in [0.15, 0.2) is 0 Å². The summed E-state index contributed by atoms with van der Waals surface area (Å²) in [5, 5.41) is 9.70. The summed E-state index contributed by atoms with van der Waals surface area (Å²) in [7, 11) is 4.09. The Morgan fingerprint density at radius 2 is 2.10 bits per heavy atom. The van der Waals surface area contributed by atoms with Crippen molar-refractivity contribution < 1.29 is 4.79 Å². The highest BCUT2D eigenvalue weighted by molar-refractivity contribution is 7.13. The van der Waals surface area contributed by atoms with Gasteiger partial charge >= 0.3 is 0 Å². The van der Waals surface area contributed by atoms with Crippen LogP contribution in [0.25, 0.3) is 16.5 Å². The minimum absolute atomic E-state index is 0.0232. The van der Waals surface area contributed by atoms with Gasteiger partial charge in [0, 0.05) is 25.2 Å². The Kier molecular flexibility index (Phi) is 5.94. The summed E-state index contributed by atoms with van der Waals surface area (Å²) in [6.07, 6.45) is 5.61. The lowest BCUT2D eigenvalue weighted by Crippen LogP contribution is -2.40. The summed E-state index contributed by atoms with van der Waals surface area (Å²) in [4.78, 5) is 25.6. The lowest BCUT2D eigenvalue weighted by molar-refractivity contribution is 0.0928. The summed E-state index contributed by atoms with van der Waals surface area (Å²) < 4.78 is 1.76. The number of aryl methyl sites for hydroxylation is 1. The first-order valence-corrected chi connectivity index (χ1v) is 11.5. The summed E-state index contributed by atoms with van der Waals surface area (Å²) in [5.74, 6) is 0.765. The van der Waals surface area contributed by atoms with Crippen LogP contribution in [0.2, 0.25) is 0 Å². The van der Waals surface area contributed by atoms with E-state index in [-0.39, 0.29) is 11.3 Å². The summed E-state index contributed by atoms with van der Waals surface area (Å²) in [6, 6.07) is 4.08. The molecule has 3 aromatic heterocycles. The van der Waals surface area contributed by atoms with E-state index in [0.29, 0.717) is 24.0 Å². The number of hydrogen-bond donors (Lipinski definition) is 1. The number of aromatic nitrogens is 4. The molecule has 0 saturated heterocycles. The minimum Gasteiger partial charge on any atom is -0.351 e. The zero-order valence-electron chi connectivity index (χ0n) is 18.8. The summed E-state index contributed by atoms with van der Waals surface area (Å²) >= 11 is 1.65. The first-order chi connectivity index (χ1) is 14.7. The molecule has 3 aromatic rings. The number of nitrogens with one attached hydrogen (secondary N) is 1. The second-order valence-corrected chi connectivity index (χ2v) is 10.3. The van der Waals surface area contributed by atoms with E-state index < -0.39 is 0 Å².